The second kappa shape index (κ2) is 4.90. The summed E-state index contributed by atoms with van der Waals surface area (Å²) in [6.45, 7) is 6.69. The van der Waals surface area contributed by atoms with Gasteiger partial charge in [0.25, 0.3) is 0 Å². The van der Waals surface area contributed by atoms with Gasteiger partial charge in [-0.2, -0.15) is 0 Å². The Morgan fingerprint density at radius 2 is 1.64 bits per heavy atom. The predicted octanol–water partition coefficient (Wildman–Crippen LogP) is 2.20. The van der Waals surface area contributed by atoms with E-state index in [2.05, 4.69) is 20.8 Å². The smallest absolute Gasteiger partial charge is 0.384 e. The summed E-state index contributed by atoms with van der Waals surface area (Å²) in [6.07, 6.45) is 1.17. The number of rotatable bonds is 5. The van der Waals surface area contributed by atoms with Crippen molar-refractivity contribution in [2.75, 3.05) is 14.2 Å². The van der Waals surface area contributed by atoms with Crippen LogP contribution in [0.15, 0.2) is 0 Å². The molecule has 0 heterocycles. The number of hydrogen-bond acceptors (Lipinski definition) is 2. The summed E-state index contributed by atoms with van der Waals surface area (Å²) in [5.41, 5.74) is 0.361. The SMILES string of the molecule is CCC(C)(C)C[Si](OC)OC. The molecular formula is C8H19O2Si. The van der Waals surface area contributed by atoms with Crippen molar-refractivity contribution in [1.82, 2.24) is 0 Å². The van der Waals surface area contributed by atoms with Crippen molar-refractivity contribution in [1.29, 1.82) is 0 Å². The first-order chi connectivity index (χ1) is 5.05. The van der Waals surface area contributed by atoms with Crippen molar-refractivity contribution in [3.63, 3.8) is 0 Å². The third-order valence-electron chi connectivity index (χ3n) is 2.04. The summed E-state index contributed by atoms with van der Waals surface area (Å²) < 4.78 is 10.4. The predicted molar refractivity (Wildman–Crippen MR) is 48.7 cm³/mol. The molecule has 3 heteroatoms. The van der Waals surface area contributed by atoms with E-state index in [1.807, 2.05) is 0 Å². The van der Waals surface area contributed by atoms with Crippen molar-refractivity contribution in [2.45, 2.75) is 33.2 Å². The Labute approximate surface area is 71.7 Å². The van der Waals surface area contributed by atoms with Crippen molar-refractivity contribution < 1.29 is 8.85 Å². The molecule has 0 saturated carbocycles. The Hall–Kier alpha value is 0.137. The van der Waals surface area contributed by atoms with Crippen LogP contribution in [0.25, 0.3) is 0 Å². The van der Waals surface area contributed by atoms with Crippen LogP contribution < -0.4 is 0 Å². The van der Waals surface area contributed by atoms with Crippen LogP contribution in [0.5, 0.6) is 0 Å². The third-order valence-corrected chi connectivity index (χ3v) is 4.19. The van der Waals surface area contributed by atoms with Crippen LogP contribution >= 0.6 is 0 Å². The van der Waals surface area contributed by atoms with Crippen LogP contribution in [0, 0.1) is 5.41 Å². The quantitative estimate of drug-likeness (QED) is 0.596. The van der Waals surface area contributed by atoms with Gasteiger partial charge in [-0.25, -0.2) is 0 Å². The molecule has 0 aliphatic carbocycles. The molecule has 0 bridgehead atoms. The molecule has 0 aromatic rings. The molecule has 11 heavy (non-hydrogen) atoms. The van der Waals surface area contributed by atoms with Crippen LogP contribution in [-0.4, -0.2) is 23.5 Å². The lowest BCUT2D eigenvalue weighted by Crippen LogP contribution is -2.26. The van der Waals surface area contributed by atoms with E-state index in [0.29, 0.717) is 5.41 Å². The maximum absolute atomic E-state index is 5.22. The zero-order valence-electron chi connectivity index (χ0n) is 8.23. The van der Waals surface area contributed by atoms with Crippen molar-refractivity contribution in [3.05, 3.63) is 0 Å². The average Bonchev–Trinajstić information content (AvgIpc) is 2.00. The molecule has 0 aromatic carbocycles. The summed E-state index contributed by atoms with van der Waals surface area (Å²) in [5.74, 6) is 0. The van der Waals surface area contributed by atoms with E-state index in [1.54, 1.807) is 14.2 Å². The minimum Gasteiger partial charge on any atom is -0.397 e. The van der Waals surface area contributed by atoms with E-state index >= 15 is 0 Å². The van der Waals surface area contributed by atoms with Gasteiger partial charge in [0.2, 0.25) is 0 Å². The molecule has 0 amide bonds. The molecule has 0 rings (SSSR count). The van der Waals surface area contributed by atoms with E-state index in [4.69, 9.17) is 8.85 Å². The molecule has 0 fully saturated rings. The Bertz CT molecular complexity index is 100. The van der Waals surface area contributed by atoms with E-state index in [9.17, 15) is 0 Å². The minimum atomic E-state index is -0.992. The van der Waals surface area contributed by atoms with Crippen molar-refractivity contribution >= 4 is 9.28 Å². The summed E-state index contributed by atoms with van der Waals surface area (Å²) in [4.78, 5) is 0. The monoisotopic (exact) mass is 175 g/mol. The Morgan fingerprint density at radius 3 is 1.91 bits per heavy atom. The molecule has 2 nitrogen and oxygen atoms in total. The minimum absolute atomic E-state index is 0.361. The molecule has 0 unspecified atom stereocenters. The fourth-order valence-corrected chi connectivity index (χ4v) is 2.23. The Balaban J connectivity index is 3.79. The summed E-state index contributed by atoms with van der Waals surface area (Å²) >= 11 is 0. The molecular weight excluding hydrogens is 156 g/mol. The normalized spacial score (nSPS) is 12.5. The zero-order valence-corrected chi connectivity index (χ0v) is 9.23. The van der Waals surface area contributed by atoms with Gasteiger partial charge >= 0.3 is 9.28 Å². The van der Waals surface area contributed by atoms with Gasteiger partial charge in [-0.3, -0.25) is 0 Å². The molecule has 1 radical (unpaired) electrons. The van der Waals surface area contributed by atoms with Gasteiger partial charge in [-0.1, -0.05) is 27.2 Å². The fraction of sp³-hybridized carbons (Fsp3) is 1.00. The van der Waals surface area contributed by atoms with Crippen molar-refractivity contribution in [2.24, 2.45) is 5.41 Å². The largest absolute Gasteiger partial charge is 0.397 e. The lowest BCUT2D eigenvalue weighted by atomic mass is 9.93. The Kier molecular flexibility index (Phi) is 4.96. The summed E-state index contributed by atoms with van der Waals surface area (Å²) in [7, 11) is 2.46. The van der Waals surface area contributed by atoms with Crippen molar-refractivity contribution in [3.8, 4) is 0 Å². The van der Waals surface area contributed by atoms with Crippen LogP contribution in [0.1, 0.15) is 27.2 Å². The van der Waals surface area contributed by atoms with Crippen LogP contribution in [0.4, 0.5) is 0 Å². The third kappa shape index (κ3) is 4.56. The highest BCUT2D eigenvalue weighted by Gasteiger charge is 2.24. The van der Waals surface area contributed by atoms with Gasteiger partial charge in [0, 0.05) is 14.2 Å². The van der Waals surface area contributed by atoms with E-state index < -0.39 is 9.28 Å². The van der Waals surface area contributed by atoms with E-state index in [-0.39, 0.29) is 0 Å². The summed E-state index contributed by atoms with van der Waals surface area (Å²) in [6, 6.07) is 1.06. The van der Waals surface area contributed by atoms with Gasteiger partial charge < -0.3 is 8.85 Å². The average molecular weight is 175 g/mol. The maximum Gasteiger partial charge on any atom is 0.384 e. The van der Waals surface area contributed by atoms with Crippen LogP contribution in [0.2, 0.25) is 6.04 Å². The molecule has 0 spiro atoms. The molecule has 0 N–H and O–H groups in total. The molecule has 67 valence electrons. The van der Waals surface area contributed by atoms with Gasteiger partial charge in [0.05, 0.1) is 0 Å². The first-order valence-electron chi connectivity index (χ1n) is 3.99. The van der Waals surface area contributed by atoms with E-state index in [0.717, 1.165) is 6.04 Å². The first kappa shape index (κ1) is 11.1. The van der Waals surface area contributed by atoms with Gasteiger partial charge in [-0.15, -0.1) is 0 Å². The van der Waals surface area contributed by atoms with Crippen LogP contribution in [0.3, 0.4) is 0 Å². The summed E-state index contributed by atoms with van der Waals surface area (Å²) in [5, 5.41) is 0. The second-order valence-corrected chi connectivity index (χ2v) is 5.39. The maximum atomic E-state index is 5.22. The highest BCUT2D eigenvalue weighted by Crippen LogP contribution is 2.26. The lowest BCUT2D eigenvalue weighted by molar-refractivity contribution is 0.251. The van der Waals surface area contributed by atoms with Crippen LogP contribution in [-0.2, 0) is 8.85 Å². The first-order valence-corrected chi connectivity index (χ1v) is 5.52. The van der Waals surface area contributed by atoms with E-state index in [1.165, 1.54) is 6.42 Å². The molecule has 0 saturated heterocycles. The van der Waals surface area contributed by atoms with Gasteiger partial charge in [0.15, 0.2) is 0 Å². The topological polar surface area (TPSA) is 18.5 Å². The zero-order chi connectivity index (χ0) is 8.91. The molecule has 0 aliphatic heterocycles. The highest BCUT2D eigenvalue weighted by atomic mass is 28.3. The lowest BCUT2D eigenvalue weighted by Gasteiger charge is -2.24. The molecule has 0 atom stereocenters. The molecule has 0 aliphatic rings. The standard InChI is InChI=1S/C8H19O2Si/c1-6-8(2,3)7-11(9-4)10-5/h6-7H2,1-5H3. The van der Waals surface area contributed by atoms with Gasteiger partial charge in [-0.05, 0) is 11.5 Å². The highest BCUT2D eigenvalue weighted by molar-refractivity contribution is 6.44. The second-order valence-electron chi connectivity index (χ2n) is 3.47. The number of hydrogen-bond donors (Lipinski definition) is 0. The molecule has 0 aromatic heterocycles. The fourth-order valence-electron chi connectivity index (χ4n) is 0.743. The Morgan fingerprint density at radius 1 is 1.18 bits per heavy atom. The van der Waals surface area contributed by atoms with Gasteiger partial charge in [0.1, 0.15) is 0 Å².